The van der Waals surface area contributed by atoms with Crippen LogP contribution in [0.25, 0.3) is 0 Å². The van der Waals surface area contributed by atoms with Crippen molar-refractivity contribution >= 4 is 35.4 Å². The number of urea groups is 1. The van der Waals surface area contributed by atoms with E-state index in [1.165, 1.54) is 6.08 Å². The van der Waals surface area contributed by atoms with E-state index >= 15 is 0 Å². The van der Waals surface area contributed by atoms with E-state index in [9.17, 15) is 32.7 Å². The molecule has 56 heavy (non-hydrogen) atoms. The van der Waals surface area contributed by atoms with Gasteiger partial charge in [-0.2, -0.15) is 18.2 Å². The van der Waals surface area contributed by atoms with Gasteiger partial charge in [-0.15, -0.1) is 0 Å². The Morgan fingerprint density at radius 2 is 1.54 bits per heavy atom. The van der Waals surface area contributed by atoms with E-state index in [4.69, 9.17) is 19.4 Å². The Morgan fingerprint density at radius 1 is 0.893 bits per heavy atom. The fourth-order valence-electron chi connectivity index (χ4n) is 5.71. The summed E-state index contributed by atoms with van der Waals surface area (Å²) in [7, 11) is 0. The monoisotopic (exact) mass is 778 g/mol. The van der Waals surface area contributed by atoms with E-state index in [0.717, 1.165) is 53.6 Å². The summed E-state index contributed by atoms with van der Waals surface area (Å²) < 4.78 is 44.1. The first-order valence-electron chi connectivity index (χ1n) is 17.7. The van der Waals surface area contributed by atoms with Crippen LogP contribution in [0, 0.1) is 20.8 Å². The van der Waals surface area contributed by atoms with E-state index in [0.29, 0.717) is 36.5 Å². The van der Waals surface area contributed by atoms with Gasteiger partial charge in [-0.1, -0.05) is 60.7 Å². The number of anilines is 1. The number of aromatic nitrogens is 1. The zero-order valence-electron chi connectivity index (χ0n) is 31.3. The van der Waals surface area contributed by atoms with Crippen LogP contribution in [0.1, 0.15) is 63.9 Å². The third kappa shape index (κ3) is 15.1. The molecule has 1 fully saturated rings. The van der Waals surface area contributed by atoms with Gasteiger partial charge in [-0.3, -0.25) is 4.98 Å². The number of ether oxygens (including phenoxy) is 2. The minimum absolute atomic E-state index is 0.00163. The van der Waals surface area contributed by atoms with Crippen LogP contribution in [0.15, 0.2) is 96.2 Å². The van der Waals surface area contributed by atoms with Crippen LogP contribution in [0.3, 0.4) is 0 Å². The molecule has 0 saturated heterocycles. The highest BCUT2D eigenvalue weighted by Crippen LogP contribution is 2.26. The highest BCUT2D eigenvalue weighted by molar-refractivity contribution is 5.91. The van der Waals surface area contributed by atoms with Gasteiger partial charge in [-0.25, -0.2) is 19.2 Å². The van der Waals surface area contributed by atoms with Crippen molar-refractivity contribution in [1.29, 1.82) is 0 Å². The molecule has 1 heterocycles. The number of isocyanates is 1. The third-order valence-corrected chi connectivity index (χ3v) is 8.63. The average Bonchev–Trinajstić information content (AvgIpc) is 3.16. The van der Waals surface area contributed by atoms with Crippen molar-refractivity contribution in [1.82, 2.24) is 9.88 Å². The highest BCUT2D eigenvalue weighted by Gasteiger charge is 2.38. The van der Waals surface area contributed by atoms with Crippen molar-refractivity contribution in [2.75, 3.05) is 18.5 Å². The molecule has 0 spiro atoms. The lowest BCUT2D eigenvalue weighted by Crippen LogP contribution is -2.38. The summed E-state index contributed by atoms with van der Waals surface area (Å²) in [6.45, 7) is 7.19. The van der Waals surface area contributed by atoms with Crippen molar-refractivity contribution in [2.45, 2.75) is 78.0 Å². The highest BCUT2D eigenvalue weighted by atomic mass is 19.4. The van der Waals surface area contributed by atoms with E-state index in [-0.39, 0.29) is 24.8 Å². The van der Waals surface area contributed by atoms with Gasteiger partial charge in [0.25, 0.3) is 0 Å². The molecule has 3 N–H and O–H groups in total. The van der Waals surface area contributed by atoms with Gasteiger partial charge in [0.1, 0.15) is 0 Å². The summed E-state index contributed by atoms with van der Waals surface area (Å²) >= 11 is 0. The Kier molecular flexibility index (Phi) is 17.9. The number of alkyl halides is 3. The molecule has 2 atom stereocenters. The van der Waals surface area contributed by atoms with Crippen molar-refractivity contribution < 1.29 is 52.0 Å². The van der Waals surface area contributed by atoms with E-state index in [1.54, 1.807) is 36.4 Å². The maximum absolute atomic E-state index is 13.2. The summed E-state index contributed by atoms with van der Waals surface area (Å²) in [4.78, 5) is 53.0. The molecule has 0 aliphatic heterocycles. The first-order chi connectivity index (χ1) is 26.7. The molecule has 0 radical (unpaired) electrons. The first kappa shape index (κ1) is 44.5. The van der Waals surface area contributed by atoms with E-state index < -0.39 is 18.1 Å². The molecule has 1 aliphatic rings. The number of carbonyl (C=O) groups is 3. The molecule has 2 amide bonds. The van der Waals surface area contributed by atoms with Crippen LogP contribution in [0.5, 0.6) is 0 Å². The Morgan fingerprint density at radius 3 is 2.14 bits per heavy atom. The SMILES string of the molecule is Cc1ccccc1N=C=O.Cc1ccccc1NC(=O)N(CCO[C@@H]1CCC[C@H](OCc2cccc(C)c2C(=O)O)C1)Cc1cccnc1.O=C(O)C(F)(F)F. The van der Waals surface area contributed by atoms with Crippen molar-refractivity contribution in [3.63, 3.8) is 0 Å². The molecule has 1 aromatic heterocycles. The summed E-state index contributed by atoms with van der Waals surface area (Å²) in [5, 5.41) is 19.7. The molecule has 12 nitrogen and oxygen atoms in total. The van der Waals surface area contributed by atoms with Gasteiger partial charge in [-0.05, 0) is 92.5 Å². The molecule has 4 aromatic rings. The quantitative estimate of drug-likeness (QED) is 0.0943. The number of aliphatic carboxylic acids is 1. The van der Waals surface area contributed by atoms with Crippen molar-refractivity contribution in [3.8, 4) is 0 Å². The number of hydrogen-bond donors (Lipinski definition) is 3. The number of hydrogen-bond acceptors (Lipinski definition) is 8. The first-order valence-corrected chi connectivity index (χ1v) is 17.7. The van der Waals surface area contributed by atoms with E-state index in [2.05, 4.69) is 15.3 Å². The van der Waals surface area contributed by atoms with Gasteiger partial charge >= 0.3 is 24.1 Å². The molecular weight excluding hydrogens is 733 g/mol. The molecular formula is C41H45F3N4O8. The summed E-state index contributed by atoms with van der Waals surface area (Å²) in [6, 6.07) is 24.2. The van der Waals surface area contributed by atoms with Gasteiger partial charge in [0, 0.05) is 31.2 Å². The second-order valence-corrected chi connectivity index (χ2v) is 12.8. The summed E-state index contributed by atoms with van der Waals surface area (Å²) in [6.07, 6.45) is 3.49. The number of aryl methyl sites for hydroxylation is 3. The lowest BCUT2D eigenvalue weighted by Gasteiger charge is -2.30. The largest absolute Gasteiger partial charge is 0.490 e. The molecule has 0 bridgehead atoms. The fourth-order valence-corrected chi connectivity index (χ4v) is 5.71. The van der Waals surface area contributed by atoms with Gasteiger partial charge in [0.15, 0.2) is 0 Å². The number of carbonyl (C=O) groups excluding carboxylic acids is 2. The number of nitrogens with one attached hydrogen (secondary N) is 1. The Labute approximate surface area is 323 Å². The molecule has 15 heteroatoms. The minimum Gasteiger partial charge on any atom is -0.478 e. The van der Waals surface area contributed by atoms with Crippen LogP contribution >= 0.6 is 0 Å². The number of carboxylic acid groups (broad SMARTS) is 2. The lowest BCUT2D eigenvalue weighted by molar-refractivity contribution is -0.192. The Balaban J connectivity index is 0.000000408. The number of carboxylic acids is 2. The number of halogens is 3. The third-order valence-electron chi connectivity index (χ3n) is 8.63. The van der Waals surface area contributed by atoms with Crippen LogP contribution < -0.4 is 5.32 Å². The van der Waals surface area contributed by atoms with E-state index in [1.807, 2.05) is 80.6 Å². The number of benzene rings is 3. The van der Waals surface area contributed by atoms with Crippen LogP contribution in [-0.4, -0.2) is 75.7 Å². The topological polar surface area (TPSA) is 168 Å². The summed E-state index contributed by atoms with van der Waals surface area (Å²) in [5.74, 6) is -3.69. The number of rotatable bonds is 12. The van der Waals surface area contributed by atoms with Crippen molar-refractivity contribution in [2.24, 2.45) is 4.99 Å². The van der Waals surface area contributed by atoms with Crippen LogP contribution in [0.4, 0.5) is 29.3 Å². The maximum Gasteiger partial charge on any atom is 0.490 e. The minimum atomic E-state index is -5.08. The number of aromatic carboxylic acids is 1. The second-order valence-electron chi connectivity index (χ2n) is 12.8. The lowest BCUT2D eigenvalue weighted by atomic mass is 9.94. The maximum atomic E-state index is 13.2. The number of para-hydroxylation sites is 2. The molecule has 1 saturated carbocycles. The fraction of sp³-hybridized carbons (Fsp3) is 0.341. The summed E-state index contributed by atoms with van der Waals surface area (Å²) in [5.41, 5.74) is 6.15. The van der Waals surface area contributed by atoms with Gasteiger partial charge in [0.05, 0.1) is 36.7 Å². The standard InChI is InChI=1S/C31H37N3O5.C8H7NO.C2HF3O2/c1-22-8-3-4-14-28(22)33-31(37)34(20-24-10-7-15-32-19-24)16-17-38-26-12-6-13-27(18-26)39-21-25-11-5-9-23(2)29(25)30(35)36;1-7-4-2-3-5-8(7)9-6-10;3-2(4,5)1(6)7/h3-5,7-11,14-15,19,26-27H,6,12-13,16-18,20-21H2,1-2H3,(H,33,37)(H,35,36);2-5H,1H3;(H,6,7)/t26-,27+;;/m1../s1. The predicted octanol–water partition coefficient (Wildman–Crippen LogP) is 8.57. The molecule has 298 valence electrons. The second kappa shape index (κ2) is 22.5. The Bertz CT molecular complexity index is 1940. The zero-order chi connectivity index (χ0) is 41.1. The molecule has 5 rings (SSSR count). The van der Waals surface area contributed by atoms with Gasteiger partial charge < -0.3 is 29.9 Å². The predicted molar refractivity (Wildman–Crippen MR) is 202 cm³/mol. The number of pyridine rings is 1. The number of nitrogens with zero attached hydrogens (tertiary/aromatic N) is 3. The molecule has 0 unspecified atom stereocenters. The smallest absolute Gasteiger partial charge is 0.478 e. The Hall–Kier alpha value is -5.89. The van der Waals surface area contributed by atoms with Crippen LogP contribution in [-0.2, 0) is 32.2 Å². The van der Waals surface area contributed by atoms with Crippen molar-refractivity contribution in [3.05, 3.63) is 125 Å². The zero-order valence-corrected chi connectivity index (χ0v) is 31.3. The number of amides is 2. The average molecular weight is 779 g/mol. The number of aliphatic imine (C=N–C) groups is 1. The molecule has 3 aromatic carbocycles. The van der Waals surface area contributed by atoms with Crippen LogP contribution in [0.2, 0.25) is 0 Å². The normalized spacial score (nSPS) is 14.8. The van der Waals surface area contributed by atoms with Gasteiger partial charge in [0.2, 0.25) is 6.08 Å². The molecule has 1 aliphatic carbocycles.